The minimum atomic E-state index is -3.38. The zero-order valence-electron chi connectivity index (χ0n) is 12.4. The van der Waals surface area contributed by atoms with Crippen LogP contribution in [0.2, 0.25) is 0 Å². The first-order chi connectivity index (χ1) is 9.96. The van der Waals surface area contributed by atoms with Gasteiger partial charge in [0.05, 0.1) is 18.4 Å². The van der Waals surface area contributed by atoms with E-state index in [9.17, 15) is 13.2 Å². The van der Waals surface area contributed by atoms with Gasteiger partial charge < -0.3 is 10.5 Å². The Balaban J connectivity index is 0.00000242. The molecule has 0 aromatic heterocycles. The van der Waals surface area contributed by atoms with E-state index in [4.69, 9.17) is 5.73 Å². The third-order valence-electron chi connectivity index (χ3n) is 3.67. The molecule has 1 heterocycles. The van der Waals surface area contributed by atoms with Crippen molar-refractivity contribution in [2.75, 3.05) is 26.7 Å². The molecule has 1 unspecified atom stereocenters. The summed E-state index contributed by atoms with van der Waals surface area (Å²) < 4.78 is 30.9. The van der Waals surface area contributed by atoms with Crippen LogP contribution in [0.3, 0.4) is 0 Å². The standard InChI is InChI=1S/C14H20N2O4S.ClH/c1-20-14(17)13-4-2-3-11(7-13)10-21(18,19)16-6-5-12(8-15)9-16;/h2-4,7,12H,5-6,8-10,15H2,1H3;1H. The summed E-state index contributed by atoms with van der Waals surface area (Å²) in [5.41, 5.74) is 6.52. The van der Waals surface area contributed by atoms with Crippen molar-refractivity contribution >= 4 is 28.4 Å². The molecule has 22 heavy (non-hydrogen) atoms. The minimum absolute atomic E-state index is 0. The fourth-order valence-electron chi connectivity index (χ4n) is 2.45. The number of benzene rings is 1. The van der Waals surface area contributed by atoms with Crippen molar-refractivity contribution in [1.29, 1.82) is 0 Å². The summed E-state index contributed by atoms with van der Waals surface area (Å²) in [6.07, 6.45) is 0.804. The van der Waals surface area contributed by atoms with Crippen molar-refractivity contribution in [3.8, 4) is 0 Å². The maximum absolute atomic E-state index is 12.4. The number of sulfonamides is 1. The first-order valence-electron chi connectivity index (χ1n) is 6.81. The molecule has 1 aromatic rings. The number of nitrogens with zero attached hydrogens (tertiary/aromatic N) is 1. The number of carbonyl (C=O) groups excluding carboxylic acids is 1. The molecule has 0 radical (unpaired) electrons. The number of methoxy groups -OCH3 is 1. The smallest absolute Gasteiger partial charge is 0.337 e. The van der Waals surface area contributed by atoms with Gasteiger partial charge in [0.25, 0.3) is 0 Å². The lowest BCUT2D eigenvalue weighted by Gasteiger charge is -2.16. The predicted octanol–water partition coefficient (Wildman–Crippen LogP) is 1.01. The van der Waals surface area contributed by atoms with Crippen molar-refractivity contribution in [2.24, 2.45) is 11.7 Å². The molecule has 1 fully saturated rings. The van der Waals surface area contributed by atoms with Crippen LogP contribution < -0.4 is 5.73 Å². The quantitative estimate of drug-likeness (QED) is 0.802. The Morgan fingerprint density at radius 3 is 2.77 bits per heavy atom. The number of hydrogen-bond donors (Lipinski definition) is 1. The number of carbonyl (C=O) groups is 1. The minimum Gasteiger partial charge on any atom is -0.465 e. The second-order valence-electron chi connectivity index (χ2n) is 5.20. The monoisotopic (exact) mass is 348 g/mol. The van der Waals surface area contributed by atoms with Gasteiger partial charge in [-0.2, -0.15) is 0 Å². The second-order valence-corrected chi connectivity index (χ2v) is 7.17. The highest BCUT2D eigenvalue weighted by molar-refractivity contribution is 7.88. The van der Waals surface area contributed by atoms with Crippen LogP contribution in [0.5, 0.6) is 0 Å². The van der Waals surface area contributed by atoms with Crippen molar-refractivity contribution in [1.82, 2.24) is 4.31 Å². The molecule has 0 aliphatic carbocycles. The molecular weight excluding hydrogens is 328 g/mol. The summed E-state index contributed by atoms with van der Waals surface area (Å²) in [6, 6.07) is 6.51. The Hall–Kier alpha value is -1.15. The molecule has 0 amide bonds. The van der Waals surface area contributed by atoms with Gasteiger partial charge >= 0.3 is 5.97 Å². The highest BCUT2D eigenvalue weighted by Crippen LogP contribution is 2.21. The number of esters is 1. The predicted molar refractivity (Wildman–Crippen MR) is 86.4 cm³/mol. The molecule has 0 spiro atoms. The Morgan fingerprint density at radius 2 is 2.18 bits per heavy atom. The molecular formula is C14H21ClN2O4S. The van der Waals surface area contributed by atoms with Crippen LogP contribution in [0.4, 0.5) is 0 Å². The summed E-state index contributed by atoms with van der Waals surface area (Å²) in [4.78, 5) is 11.5. The van der Waals surface area contributed by atoms with Crippen molar-refractivity contribution in [3.05, 3.63) is 35.4 Å². The Labute approximate surface area is 137 Å². The van der Waals surface area contributed by atoms with Gasteiger partial charge in [0, 0.05) is 13.1 Å². The summed E-state index contributed by atoms with van der Waals surface area (Å²) in [5.74, 6) is -0.352. The van der Waals surface area contributed by atoms with Gasteiger partial charge in [-0.3, -0.25) is 0 Å². The van der Waals surface area contributed by atoms with E-state index < -0.39 is 16.0 Å². The molecule has 2 rings (SSSR count). The van der Waals surface area contributed by atoms with Gasteiger partial charge in [0.2, 0.25) is 10.0 Å². The second kappa shape index (κ2) is 7.92. The zero-order valence-corrected chi connectivity index (χ0v) is 14.0. The lowest BCUT2D eigenvalue weighted by molar-refractivity contribution is 0.0600. The largest absolute Gasteiger partial charge is 0.465 e. The number of rotatable bonds is 5. The van der Waals surface area contributed by atoms with Gasteiger partial charge in [-0.15, -0.1) is 12.4 Å². The molecule has 1 saturated heterocycles. The summed E-state index contributed by atoms with van der Waals surface area (Å²) >= 11 is 0. The summed E-state index contributed by atoms with van der Waals surface area (Å²) in [5, 5.41) is 0. The van der Waals surface area contributed by atoms with Crippen LogP contribution in [0.25, 0.3) is 0 Å². The molecule has 2 N–H and O–H groups in total. The SMILES string of the molecule is COC(=O)c1cccc(CS(=O)(=O)N2CCC(CN)C2)c1.Cl. The molecule has 124 valence electrons. The number of halogens is 1. The van der Waals surface area contributed by atoms with Crippen LogP contribution in [0.1, 0.15) is 22.3 Å². The van der Waals surface area contributed by atoms with Crippen molar-refractivity contribution < 1.29 is 17.9 Å². The van der Waals surface area contributed by atoms with Crippen molar-refractivity contribution in [3.63, 3.8) is 0 Å². The maximum Gasteiger partial charge on any atom is 0.337 e. The van der Waals surface area contributed by atoms with E-state index in [0.717, 1.165) is 6.42 Å². The van der Waals surface area contributed by atoms with Gasteiger partial charge in [-0.25, -0.2) is 17.5 Å². The van der Waals surface area contributed by atoms with Crippen LogP contribution in [0, 0.1) is 5.92 Å². The van der Waals surface area contributed by atoms with E-state index in [1.807, 2.05) is 0 Å². The van der Waals surface area contributed by atoms with Crippen LogP contribution in [-0.2, 0) is 20.5 Å². The van der Waals surface area contributed by atoms with E-state index in [1.54, 1.807) is 24.3 Å². The fourth-order valence-corrected chi connectivity index (χ4v) is 4.05. The van der Waals surface area contributed by atoms with Crippen LogP contribution in [0.15, 0.2) is 24.3 Å². The number of hydrogen-bond acceptors (Lipinski definition) is 5. The lowest BCUT2D eigenvalue weighted by Crippen LogP contribution is -2.31. The molecule has 6 nitrogen and oxygen atoms in total. The number of ether oxygens (including phenoxy) is 1. The highest BCUT2D eigenvalue weighted by atomic mass is 35.5. The first-order valence-corrected chi connectivity index (χ1v) is 8.42. The lowest BCUT2D eigenvalue weighted by atomic mass is 10.1. The topological polar surface area (TPSA) is 89.7 Å². The average Bonchev–Trinajstić information content (AvgIpc) is 2.96. The average molecular weight is 349 g/mol. The molecule has 8 heteroatoms. The van der Waals surface area contributed by atoms with Gasteiger partial charge in [0.1, 0.15) is 0 Å². The van der Waals surface area contributed by atoms with Gasteiger partial charge in [0.15, 0.2) is 0 Å². The normalized spacial score (nSPS) is 18.7. The van der Waals surface area contributed by atoms with Crippen molar-refractivity contribution in [2.45, 2.75) is 12.2 Å². The van der Waals surface area contributed by atoms with Crippen LogP contribution >= 0.6 is 12.4 Å². The third kappa shape index (κ3) is 4.42. The Bertz CT molecular complexity index is 621. The van der Waals surface area contributed by atoms with E-state index in [-0.39, 0.29) is 24.1 Å². The van der Waals surface area contributed by atoms with Crippen LogP contribution in [-0.4, -0.2) is 45.4 Å². The zero-order chi connectivity index (χ0) is 15.5. The molecule has 0 bridgehead atoms. The van der Waals surface area contributed by atoms with Gasteiger partial charge in [-0.05, 0) is 36.6 Å². The Morgan fingerprint density at radius 1 is 1.45 bits per heavy atom. The van der Waals surface area contributed by atoms with Gasteiger partial charge in [-0.1, -0.05) is 12.1 Å². The third-order valence-corrected chi connectivity index (χ3v) is 5.49. The molecule has 1 aromatic carbocycles. The summed E-state index contributed by atoms with van der Waals surface area (Å²) in [7, 11) is -2.09. The molecule has 1 aliphatic heterocycles. The highest BCUT2D eigenvalue weighted by Gasteiger charge is 2.30. The first kappa shape index (κ1) is 18.9. The molecule has 1 aliphatic rings. The molecule has 1 atom stereocenters. The fraction of sp³-hybridized carbons (Fsp3) is 0.500. The van der Waals surface area contributed by atoms with E-state index >= 15 is 0 Å². The summed E-state index contributed by atoms with van der Waals surface area (Å²) in [6.45, 7) is 1.50. The van der Waals surface area contributed by atoms with E-state index in [0.29, 0.717) is 30.8 Å². The number of nitrogens with two attached hydrogens (primary N) is 1. The molecule has 0 saturated carbocycles. The Kier molecular flexibility index (Phi) is 6.80. The van der Waals surface area contributed by atoms with E-state index in [2.05, 4.69) is 4.74 Å². The van der Waals surface area contributed by atoms with E-state index in [1.165, 1.54) is 11.4 Å². The maximum atomic E-state index is 12.4.